The van der Waals surface area contributed by atoms with Crippen LogP contribution < -0.4 is 10.1 Å². The summed E-state index contributed by atoms with van der Waals surface area (Å²) in [6, 6.07) is 1.21. The SMILES string of the molecule is COc1c(C)cc(F)c(NC(C)=O)c1C=O. The first kappa shape index (κ1) is 12.2. The summed E-state index contributed by atoms with van der Waals surface area (Å²) in [5, 5.41) is 2.27. The second-order valence-corrected chi connectivity index (χ2v) is 3.30. The molecule has 0 aromatic heterocycles. The number of aldehydes is 1. The number of carbonyl (C=O) groups is 2. The van der Waals surface area contributed by atoms with Crippen molar-refractivity contribution < 1.29 is 18.7 Å². The van der Waals surface area contributed by atoms with Crippen molar-refractivity contribution in [1.82, 2.24) is 0 Å². The maximum Gasteiger partial charge on any atom is 0.221 e. The van der Waals surface area contributed by atoms with Crippen LogP contribution in [0.1, 0.15) is 22.8 Å². The summed E-state index contributed by atoms with van der Waals surface area (Å²) >= 11 is 0. The third-order valence-electron chi connectivity index (χ3n) is 2.08. The summed E-state index contributed by atoms with van der Waals surface area (Å²) in [5.41, 5.74) is 0.358. The van der Waals surface area contributed by atoms with E-state index in [1.165, 1.54) is 20.1 Å². The maximum atomic E-state index is 13.5. The molecule has 0 aliphatic rings. The van der Waals surface area contributed by atoms with Crippen LogP contribution in [0.5, 0.6) is 5.75 Å². The van der Waals surface area contributed by atoms with Crippen LogP contribution in [0.25, 0.3) is 0 Å². The topological polar surface area (TPSA) is 55.4 Å². The fourth-order valence-corrected chi connectivity index (χ4v) is 1.47. The monoisotopic (exact) mass is 225 g/mol. The molecule has 86 valence electrons. The van der Waals surface area contributed by atoms with Crippen LogP contribution in [-0.4, -0.2) is 19.3 Å². The minimum Gasteiger partial charge on any atom is -0.496 e. The molecule has 1 aromatic rings. The number of amides is 1. The first-order valence-corrected chi connectivity index (χ1v) is 4.61. The lowest BCUT2D eigenvalue weighted by Crippen LogP contribution is -2.11. The van der Waals surface area contributed by atoms with E-state index in [1.807, 2.05) is 0 Å². The predicted octanol–water partition coefficient (Wildman–Crippen LogP) is 1.91. The smallest absolute Gasteiger partial charge is 0.221 e. The Morgan fingerprint density at radius 1 is 1.56 bits per heavy atom. The van der Waals surface area contributed by atoms with Crippen molar-refractivity contribution in [2.45, 2.75) is 13.8 Å². The van der Waals surface area contributed by atoms with Crippen LogP contribution in [0, 0.1) is 12.7 Å². The van der Waals surface area contributed by atoms with Crippen molar-refractivity contribution in [3.8, 4) is 5.75 Å². The molecular weight excluding hydrogens is 213 g/mol. The number of aryl methyl sites for hydroxylation is 1. The molecular formula is C11H12FNO3. The maximum absolute atomic E-state index is 13.5. The lowest BCUT2D eigenvalue weighted by atomic mass is 10.1. The van der Waals surface area contributed by atoms with Crippen molar-refractivity contribution in [3.63, 3.8) is 0 Å². The Hall–Kier alpha value is -1.91. The van der Waals surface area contributed by atoms with E-state index in [0.29, 0.717) is 11.8 Å². The first-order valence-electron chi connectivity index (χ1n) is 4.61. The Bertz CT molecular complexity index is 443. The highest BCUT2D eigenvalue weighted by Gasteiger charge is 2.17. The fourth-order valence-electron chi connectivity index (χ4n) is 1.47. The first-order chi connectivity index (χ1) is 7.51. The van der Waals surface area contributed by atoms with Gasteiger partial charge in [0.05, 0.1) is 18.4 Å². The fraction of sp³-hybridized carbons (Fsp3) is 0.273. The van der Waals surface area contributed by atoms with Gasteiger partial charge < -0.3 is 10.1 Å². The second-order valence-electron chi connectivity index (χ2n) is 3.30. The molecule has 0 aliphatic carbocycles. The van der Waals surface area contributed by atoms with Crippen LogP contribution in [0.4, 0.5) is 10.1 Å². The molecule has 0 heterocycles. The van der Waals surface area contributed by atoms with Gasteiger partial charge in [-0.1, -0.05) is 0 Å². The van der Waals surface area contributed by atoms with Gasteiger partial charge in [-0.2, -0.15) is 0 Å². The standard InChI is InChI=1S/C11H12FNO3/c1-6-4-9(12)10(13-7(2)15)8(5-14)11(6)16-3/h4-5H,1-3H3,(H,13,15). The number of hydrogen-bond acceptors (Lipinski definition) is 3. The minimum absolute atomic E-state index is 0.00944. The zero-order valence-electron chi connectivity index (χ0n) is 9.26. The number of benzene rings is 1. The number of anilines is 1. The van der Waals surface area contributed by atoms with Gasteiger partial charge in [0.15, 0.2) is 6.29 Å². The normalized spacial score (nSPS) is 9.75. The summed E-state index contributed by atoms with van der Waals surface area (Å²) in [6.07, 6.45) is 0.459. The van der Waals surface area contributed by atoms with E-state index < -0.39 is 11.7 Å². The van der Waals surface area contributed by atoms with Gasteiger partial charge in [0.25, 0.3) is 0 Å². The van der Waals surface area contributed by atoms with Gasteiger partial charge in [0, 0.05) is 6.92 Å². The Balaban J connectivity index is 3.45. The molecule has 0 bridgehead atoms. The van der Waals surface area contributed by atoms with E-state index in [-0.39, 0.29) is 17.0 Å². The Kier molecular flexibility index (Phi) is 3.60. The molecule has 1 aromatic carbocycles. The summed E-state index contributed by atoms with van der Waals surface area (Å²) in [4.78, 5) is 21.8. The predicted molar refractivity (Wildman–Crippen MR) is 57.4 cm³/mol. The Morgan fingerprint density at radius 3 is 2.62 bits per heavy atom. The lowest BCUT2D eigenvalue weighted by molar-refractivity contribution is -0.114. The molecule has 5 heteroatoms. The highest BCUT2D eigenvalue weighted by Crippen LogP contribution is 2.31. The third kappa shape index (κ3) is 2.18. The van der Waals surface area contributed by atoms with E-state index in [0.717, 1.165) is 0 Å². The van der Waals surface area contributed by atoms with Crippen LogP contribution in [0.2, 0.25) is 0 Å². The Labute approximate surface area is 92.4 Å². The summed E-state index contributed by atoms with van der Waals surface area (Å²) < 4.78 is 18.5. The number of carbonyl (C=O) groups excluding carboxylic acids is 2. The van der Waals surface area contributed by atoms with Gasteiger partial charge in [-0.05, 0) is 18.6 Å². The van der Waals surface area contributed by atoms with Crippen molar-refractivity contribution in [1.29, 1.82) is 0 Å². The molecule has 4 nitrogen and oxygen atoms in total. The molecule has 1 amide bonds. The number of hydrogen-bond donors (Lipinski definition) is 1. The molecule has 16 heavy (non-hydrogen) atoms. The zero-order valence-corrected chi connectivity index (χ0v) is 9.26. The average molecular weight is 225 g/mol. The van der Waals surface area contributed by atoms with E-state index in [1.54, 1.807) is 6.92 Å². The van der Waals surface area contributed by atoms with Crippen molar-refractivity contribution >= 4 is 17.9 Å². The number of halogens is 1. The number of ether oxygens (including phenoxy) is 1. The molecule has 1 N–H and O–H groups in total. The summed E-state index contributed by atoms with van der Waals surface area (Å²) in [7, 11) is 1.38. The molecule has 0 radical (unpaired) electrons. The Morgan fingerprint density at radius 2 is 2.19 bits per heavy atom. The minimum atomic E-state index is -0.657. The number of nitrogens with one attached hydrogen (secondary N) is 1. The largest absolute Gasteiger partial charge is 0.496 e. The van der Waals surface area contributed by atoms with Crippen molar-refractivity contribution in [2.24, 2.45) is 0 Å². The summed E-state index contributed by atoms with van der Waals surface area (Å²) in [5.74, 6) is -0.844. The molecule has 0 unspecified atom stereocenters. The molecule has 0 saturated heterocycles. The average Bonchev–Trinajstić information content (AvgIpc) is 2.20. The molecule has 0 spiro atoms. The van der Waals surface area contributed by atoms with E-state index in [2.05, 4.69) is 5.32 Å². The zero-order chi connectivity index (χ0) is 12.3. The molecule has 0 saturated carbocycles. The highest BCUT2D eigenvalue weighted by atomic mass is 19.1. The van der Waals surface area contributed by atoms with Gasteiger partial charge >= 0.3 is 0 Å². The number of rotatable bonds is 3. The quantitative estimate of drug-likeness (QED) is 0.799. The molecule has 0 atom stereocenters. The molecule has 0 fully saturated rings. The number of methoxy groups -OCH3 is 1. The highest BCUT2D eigenvalue weighted by molar-refractivity contribution is 5.97. The molecule has 1 rings (SSSR count). The van der Waals surface area contributed by atoms with Crippen LogP contribution in [0.3, 0.4) is 0 Å². The van der Waals surface area contributed by atoms with Gasteiger partial charge in [-0.3, -0.25) is 9.59 Å². The van der Waals surface area contributed by atoms with E-state index in [4.69, 9.17) is 4.74 Å². The lowest BCUT2D eigenvalue weighted by Gasteiger charge is -2.13. The van der Waals surface area contributed by atoms with Gasteiger partial charge in [-0.15, -0.1) is 0 Å². The van der Waals surface area contributed by atoms with Gasteiger partial charge in [-0.25, -0.2) is 4.39 Å². The van der Waals surface area contributed by atoms with Crippen LogP contribution in [-0.2, 0) is 4.79 Å². The molecule has 0 aliphatic heterocycles. The van der Waals surface area contributed by atoms with Crippen molar-refractivity contribution in [3.05, 3.63) is 23.0 Å². The van der Waals surface area contributed by atoms with Crippen LogP contribution >= 0.6 is 0 Å². The van der Waals surface area contributed by atoms with Gasteiger partial charge in [0.1, 0.15) is 11.6 Å². The van der Waals surface area contributed by atoms with Crippen LogP contribution in [0.15, 0.2) is 6.07 Å². The van der Waals surface area contributed by atoms with E-state index in [9.17, 15) is 14.0 Å². The third-order valence-corrected chi connectivity index (χ3v) is 2.08. The van der Waals surface area contributed by atoms with Gasteiger partial charge in [0.2, 0.25) is 5.91 Å². The second kappa shape index (κ2) is 4.74. The van der Waals surface area contributed by atoms with E-state index >= 15 is 0 Å². The van der Waals surface area contributed by atoms with Crippen molar-refractivity contribution in [2.75, 3.05) is 12.4 Å². The summed E-state index contributed by atoms with van der Waals surface area (Å²) in [6.45, 7) is 2.85.